The molecule has 0 amide bonds. The summed E-state index contributed by atoms with van der Waals surface area (Å²) in [4.78, 5) is 18.5. The van der Waals surface area contributed by atoms with E-state index in [2.05, 4.69) is 33.0 Å². The molecule has 4 rings (SSSR count). The van der Waals surface area contributed by atoms with E-state index in [1.807, 2.05) is 32.2 Å². The van der Waals surface area contributed by atoms with E-state index < -0.39 is 0 Å². The standard InChI is InChI=1S/C19H23N5O/c1-14(2)25-18-15-6-5-7-16(15)21-19(22-18)24-12-10-23(11-13-24)17-8-3-4-9-20-17/h3-5,7-9,14H,6,10-13H2,1-2H3. The van der Waals surface area contributed by atoms with Crippen molar-refractivity contribution in [2.24, 2.45) is 0 Å². The van der Waals surface area contributed by atoms with E-state index in [9.17, 15) is 0 Å². The normalized spacial score (nSPS) is 16.4. The Bertz CT molecular complexity index is 767. The first-order chi connectivity index (χ1) is 12.2. The maximum Gasteiger partial charge on any atom is 0.229 e. The molecule has 25 heavy (non-hydrogen) atoms. The van der Waals surface area contributed by atoms with Gasteiger partial charge in [0.2, 0.25) is 11.8 Å². The van der Waals surface area contributed by atoms with Gasteiger partial charge in [-0.15, -0.1) is 0 Å². The minimum absolute atomic E-state index is 0.105. The molecule has 0 aromatic carbocycles. The van der Waals surface area contributed by atoms with Crippen LogP contribution in [0.4, 0.5) is 11.8 Å². The highest BCUT2D eigenvalue weighted by Crippen LogP contribution is 2.29. The number of hydrogen-bond donors (Lipinski definition) is 0. The highest BCUT2D eigenvalue weighted by Gasteiger charge is 2.24. The molecule has 6 heteroatoms. The molecule has 2 aliphatic rings. The van der Waals surface area contributed by atoms with Crippen LogP contribution in [0.3, 0.4) is 0 Å². The second-order valence-corrected chi connectivity index (χ2v) is 6.63. The second kappa shape index (κ2) is 6.70. The van der Waals surface area contributed by atoms with Crippen molar-refractivity contribution in [3.05, 3.63) is 41.7 Å². The fourth-order valence-corrected chi connectivity index (χ4v) is 3.22. The Morgan fingerprint density at radius 3 is 2.56 bits per heavy atom. The van der Waals surface area contributed by atoms with Gasteiger partial charge in [0.1, 0.15) is 5.82 Å². The van der Waals surface area contributed by atoms with Gasteiger partial charge in [-0.25, -0.2) is 9.97 Å². The first kappa shape index (κ1) is 15.9. The molecule has 0 saturated carbocycles. The van der Waals surface area contributed by atoms with E-state index in [1.54, 1.807) is 0 Å². The number of ether oxygens (including phenoxy) is 1. The van der Waals surface area contributed by atoms with Crippen LogP contribution in [0.5, 0.6) is 5.88 Å². The second-order valence-electron chi connectivity index (χ2n) is 6.63. The Hall–Kier alpha value is -2.63. The molecule has 1 aliphatic heterocycles. The van der Waals surface area contributed by atoms with Crippen LogP contribution in [-0.4, -0.2) is 47.2 Å². The Morgan fingerprint density at radius 2 is 1.84 bits per heavy atom. The molecule has 1 aliphatic carbocycles. The van der Waals surface area contributed by atoms with Crippen LogP contribution in [0.2, 0.25) is 0 Å². The zero-order valence-corrected chi connectivity index (χ0v) is 14.7. The molecule has 0 radical (unpaired) electrons. The smallest absolute Gasteiger partial charge is 0.229 e. The van der Waals surface area contributed by atoms with Gasteiger partial charge in [0.15, 0.2) is 0 Å². The van der Waals surface area contributed by atoms with Gasteiger partial charge in [0.25, 0.3) is 0 Å². The molecular weight excluding hydrogens is 314 g/mol. The van der Waals surface area contributed by atoms with Gasteiger partial charge in [-0.3, -0.25) is 0 Å². The average molecular weight is 337 g/mol. The van der Waals surface area contributed by atoms with E-state index in [4.69, 9.17) is 14.7 Å². The van der Waals surface area contributed by atoms with Crippen LogP contribution in [0.1, 0.15) is 25.1 Å². The summed E-state index contributed by atoms with van der Waals surface area (Å²) in [6, 6.07) is 6.03. The number of aromatic nitrogens is 3. The minimum atomic E-state index is 0.105. The molecule has 0 bridgehead atoms. The Kier molecular flexibility index (Phi) is 4.26. The van der Waals surface area contributed by atoms with Crippen molar-refractivity contribution in [2.75, 3.05) is 36.0 Å². The van der Waals surface area contributed by atoms with Crippen LogP contribution in [0, 0.1) is 0 Å². The van der Waals surface area contributed by atoms with Crippen molar-refractivity contribution < 1.29 is 4.74 Å². The lowest BCUT2D eigenvalue weighted by Gasteiger charge is -2.35. The van der Waals surface area contributed by atoms with Gasteiger partial charge in [-0.2, -0.15) is 4.98 Å². The third-order valence-electron chi connectivity index (χ3n) is 4.47. The summed E-state index contributed by atoms with van der Waals surface area (Å²) in [6.07, 6.45) is 6.99. The van der Waals surface area contributed by atoms with E-state index in [0.717, 1.165) is 61.5 Å². The summed E-state index contributed by atoms with van der Waals surface area (Å²) in [6.45, 7) is 7.63. The minimum Gasteiger partial charge on any atom is -0.475 e. The molecule has 2 aromatic heterocycles. The maximum absolute atomic E-state index is 5.94. The number of fused-ring (bicyclic) bond motifs is 1. The number of rotatable bonds is 4. The van der Waals surface area contributed by atoms with E-state index >= 15 is 0 Å². The molecule has 0 unspecified atom stereocenters. The molecule has 6 nitrogen and oxygen atoms in total. The van der Waals surface area contributed by atoms with Crippen molar-refractivity contribution >= 4 is 17.8 Å². The zero-order chi connectivity index (χ0) is 17.2. The summed E-state index contributed by atoms with van der Waals surface area (Å²) >= 11 is 0. The molecule has 3 heterocycles. The maximum atomic E-state index is 5.94. The zero-order valence-electron chi connectivity index (χ0n) is 14.7. The first-order valence-corrected chi connectivity index (χ1v) is 8.86. The number of nitrogens with zero attached hydrogens (tertiary/aromatic N) is 5. The van der Waals surface area contributed by atoms with Crippen molar-refractivity contribution in [3.8, 4) is 5.88 Å². The van der Waals surface area contributed by atoms with Crippen molar-refractivity contribution in [1.82, 2.24) is 15.0 Å². The number of anilines is 2. The summed E-state index contributed by atoms with van der Waals surface area (Å²) < 4.78 is 5.94. The lowest BCUT2D eigenvalue weighted by atomic mass is 10.2. The fourth-order valence-electron chi connectivity index (χ4n) is 3.22. The van der Waals surface area contributed by atoms with E-state index in [0.29, 0.717) is 0 Å². The Morgan fingerprint density at radius 1 is 1.04 bits per heavy atom. The van der Waals surface area contributed by atoms with Gasteiger partial charge in [-0.1, -0.05) is 12.1 Å². The van der Waals surface area contributed by atoms with Crippen molar-refractivity contribution in [3.63, 3.8) is 0 Å². The van der Waals surface area contributed by atoms with Gasteiger partial charge in [0, 0.05) is 37.9 Å². The van der Waals surface area contributed by atoms with Crippen molar-refractivity contribution in [2.45, 2.75) is 26.4 Å². The number of hydrogen-bond acceptors (Lipinski definition) is 6. The topological polar surface area (TPSA) is 54.4 Å². The van der Waals surface area contributed by atoms with Crippen LogP contribution in [0.25, 0.3) is 6.08 Å². The van der Waals surface area contributed by atoms with Gasteiger partial charge >= 0.3 is 0 Å². The quantitative estimate of drug-likeness (QED) is 0.855. The monoisotopic (exact) mass is 337 g/mol. The molecule has 0 atom stereocenters. The lowest BCUT2D eigenvalue weighted by molar-refractivity contribution is 0.230. The molecule has 0 N–H and O–H groups in total. The molecule has 1 fully saturated rings. The van der Waals surface area contributed by atoms with Crippen LogP contribution in [-0.2, 0) is 6.42 Å². The summed E-state index contributed by atoms with van der Waals surface area (Å²) in [5.74, 6) is 2.53. The molecule has 2 aromatic rings. The first-order valence-electron chi connectivity index (χ1n) is 8.86. The largest absolute Gasteiger partial charge is 0.475 e. The van der Waals surface area contributed by atoms with Gasteiger partial charge in [-0.05, 0) is 38.5 Å². The summed E-state index contributed by atoms with van der Waals surface area (Å²) in [7, 11) is 0. The molecule has 1 saturated heterocycles. The van der Waals surface area contributed by atoms with Crippen LogP contribution >= 0.6 is 0 Å². The highest BCUT2D eigenvalue weighted by atomic mass is 16.5. The summed E-state index contributed by atoms with van der Waals surface area (Å²) in [5.41, 5.74) is 2.09. The van der Waals surface area contributed by atoms with Gasteiger partial charge in [0.05, 0.1) is 11.8 Å². The Labute approximate surface area is 148 Å². The third-order valence-corrected chi connectivity index (χ3v) is 4.47. The Balaban J connectivity index is 1.52. The highest BCUT2D eigenvalue weighted by molar-refractivity contribution is 5.61. The van der Waals surface area contributed by atoms with E-state index in [1.165, 1.54) is 0 Å². The lowest BCUT2D eigenvalue weighted by Crippen LogP contribution is -2.47. The number of allylic oxidation sites excluding steroid dienone is 1. The van der Waals surface area contributed by atoms with Crippen molar-refractivity contribution in [1.29, 1.82) is 0 Å². The average Bonchev–Trinajstić information content (AvgIpc) is 3.11. The predicted molar refractivity (Wildman–Crippen MR) is 99.2 cm³/mol. The van der Waals surface area contributed by atoms with Crippen LogP contribution in [0.15, 0.2) is 30.5 Å². The predicted octanol–water partition coefficient (Wildman–Crippen LogP) is 2.55. The van der Waals surface area contributed by atoms with Crippen LogP contribution < -0.4 is 14.5 Å². The number of pyridine rings is 1. The fraction of sp³-hybridized carbons (Fsp3) is 0.421. The molecule has 130 valence electrons. The SMILES string of the molecule is CC(C)Oc1nc(N2CCN(c3ccccn3)CC2)nc2c1CC=C2. The third kappa shape index (κ3) is 3.29. The molecule has 0 spiro atoms. The molecular formula is C19H23N5O. The summed E-state index contributed by atoms with van der Waals surface area (Å²) in [5, 5.41) is 0. The van der Waals surface area contributed by atoms with Gasteiger partial charge < -0.3 is 14.5 Å². The number of piperazine rings is 1. The van der Waals surface area contributed by atoms with E-state index in [-0.39, 0.29) is 6.10 Å².